The molecule has 2 aromatic heterocycles. The van der Waals surface area contributed by atoms with Crippen molar-refractivity contribution in [1.82, 2.24) is 14.5 Å². The zero-order valence-corrected chi connectivity index (χ0v) is 36.0. The number of aromatic nitrogens is 3. The maximum Gasteiger partial charge on any atom is 0.133 e. The Morgan fingerprint density at radius 2 is 1.19 bits per heavy atom. The van der Waals surface area contributed by atoms with Gasteiger partial charge in [-0.15, -0.1) is 0 Å². The standard InChI is InChI=1S/C60H46N4/c1-60(2)50-28-13-12-26-47(50)48-32-31-41(36-51(48)60)46-37-53(42-22-16-24-44(34-42)56-49-27-10-5-11-29-52(49)62-57(56)39-18-6-3-7-19-39)61-54(38-46)43-23-17-25-45(35-43)59-58(40-20-8-4-9-21-40)63-55-30-14-15-33-64(55)59/h3-14,16-26,28-32,34-38,49H,15,27,33H2,1-2H3. The van der Waals surface area contributed by atoms with E-state index in [0.29, 0.717) is 0 Å². The molecule has 0 N–H and O–H groups in total. The number of allylic oxidation sites excluding steroid dienone is 6. The number of fused-ring (bicyclic) bond motifs is 5. The van der Waals surface area contributed by atoms with Crippen molar-refractivity contribution in [3.63, 3.8) is 0 Å². The fraction of sp³-hybridized carbons (Fsp3) is 0.117. The molecular weight excluding hydrogens is 777 g/mol. The van der Waals surface area contributed by atoms with Crippen LogP contribution in [0.2, 0.25) is 0 Å². The van der Waals surface area contributed by atoms with Crippen LogP contribution in [0, 0.1) is 5.92 Å². The first kappa shape index (κ1) is 38.0. The van der Waals surface area contributed by atoms with Gasteiger partial charge in [-0.2, -0.15) is 0 Å². The van der Waals surface area contributed by atoms with Gasteiger partial charge in [-0.1, -0.05) is 172 Å². The van der Waals surface area contributed by atoms with E-state index >= 15 is 0 Å². The molecule has 4 heterocycles. The molecule has 0 bridgehead atoms. The minimum Gasteiger partial charge on any atom is -0.324 e. The Balaban J connectivity index is 1.03. The van der Waals surface area contributed by atoms with Gasteiger partial charge in [0.25, 0.3) is 0 Å². The van der Waals surface area contributed by atoms with Crippen LogP contribution in [0.3, 0.4) is 0 Å². The van der Waals surface area contributed by atoms with Gasteiger partial charge in [-0.25, -0.2) is 9.97 Å². The molecule has 64 heavy (non-hydrogen) atoms. The van der Waals surface area contributed by atoms with E-state index in [1.165, 1.54) is 39.0 Å². The van der Waals surface area contributed by atoms with E-state index < -0.39 is 0 Å². The Kier molecular flexibility index (Phi) is 9.08. The SMILES string of the molecule is CC1(C)c2ccccc2-c2ccc(-c3cc(-c4cccc(C5=C(c6ccccc6)N=C6C=CC=CCC65)c4)nc(-c4cccc(-c5c(-c6ccccc6)nc6n5CCC=C6)c4)c3)cc21. The van der Waals surface area contributed by atoms with Crippen molar-refractivity contribution in [2.45, 2.75) is 38.6 Å². The predicted octanol–water partition coefficient (Wildman–Crippen LogP) is 14.8. The zero-order valence-electron chi connectivity index (χ0n) is 36.0. The van der Waals surface area contributed by atoms with Gasteiger partial charge in [-0.3, -0.25) is 4.99 Å². The number of hydrogen-bond donors (Lipinski definition) is 0. The molecular formula is C60H46N4. The third kappa shape index (κ3) is 6.40. The average Bonchev–Trinajstić information content (AvgIpc) is 3.92. The summed E-state index contributed by atoms with van der Waals surface area (Å²) in [5.74, 6) is 1.16. The average molecular weight is 823 g/mol. The molecule has 2 aliphatic heterocycles. The molecule has 4 heteroatoms. The van der Waals surface area contributed by atoms with E-state index in [4.69, 9.17) is 15.0 Å². The molecule has 0 saturated heterocycles. The summed E-state index contributed by atoms with van der Waals surface area (Å²) in [6.07, 6.45) is 15.0. The Labute approximate surface area is 375 Å². The van der Waals surface area contributed by atoms with Crippen molar-refractivity contribution in [2.24, 2.45) is 10.9 Å². The van der Waals surface area contributed by atoms with Crippen LogP contribution in [0.15, 0.2) is 199 Å². The number of rotatable bonds is 7. The molecule has 0 spiro atoms. The highest BCUT2D eigenvalue weighted by molar-refractivity contribution is 6.16. The zero-order chi connectivity index (χ0) is 42.8. The molecule has 12 rings (SSSR count). The summed E-state index contributed by atoms with van der Waals surface area (Å²) in [7, 11) is 0. The van der Waals surface area contributed by atoms with Crippen LogP contribution in [0.4, 0.5) is 0 Å². The van der Waals surface area contributed by atoms with Gasteiger partial charge < -0.3 is 4.57 Å². The summed E-state index contributed by atoms with van der Waals surface area (Å²) in [5, 5.41) is 0. The monoisotopic (exact) mass is 822 g/mol. The summed E-state index contributed by atoms with van der Waals surface area (Å²) < 4.78 is 2.38. The number of imidazole rings is 1. The summed E-state index contributed by atoms with van der Waals surface area (Å²) in [6.45, 7) is 5.60. The van der Waals surface area contributed by atoms with Gasteiger partial charge in [0.15, 0.2) is 0 Å². The Hall–Kier alpha value is -7.69. The first-order valence-corrected chi connectivity index (χ1v) is 22.5. The molecule has 0 amide bonds. The Bertz CT molecular complexity index is 3320. The van der Waals surface area contributed by atoms with Crippen LogP contribution in [-0.2, 0) is 12.0 Å². The Morgan fingerprint density at radius 3 is 1.98 bits per heavy atom. The van der Waals surface area contributed by atoms with Crippen LogP contribution in [0.5, 0.6) is 0 Å². The van der Waals surface area contributed by atoms with Gasteiger partial charge in [0.2, 0.25) is 0 Å². The molecule has 0 fully saturated rings. The first-order chi connectivity index (χ1) is 31.5. The van der Waals surface area contributed by atoms with Gasteiger partial charge in [0.1, 0.15) is 5.82 Å². The largest absolute Gasteiger partial charge is 0.324 e. The molecule has 8 aromatic rings. The van der Waals surface area contributed by atoms with E-state index in [2.05, 4.69) is 219 Å². The lowest BCUT2D eigenvalue weighted by Gasteiger charge is -2.22. The van der Waals surface area contributed by atoms with Crippen molar-refractivity contribution in [1.29, 1.82) is 0 Å². The number of pyridine rings is 1. The molecule has 6 aromatic carbocycles. The van der Waals surface area contributed by atoms with Gasteiger partial charge >= 0.3 is 0 Å². The highest BCUT2D eigenvalue weighted by atomic mass is 15.1. The smallest absolute Gasteiger partial charge is 0.133 e. The minimum absolute atomic E-state index is 0.117. The summed E-state index contributed by atoms with van der Waals surface area (Å²) in [6, 6.07) is 59.6. The molecule has 0 radical (unpaired) electrons. The van der Waals surface area contributed by atoms with E-state index in [-0.39, 0.29) is 11.3 Å². The lowest BCUT2D eigenvalue weighted by Crippen LogP contribution is -2.14. The van der Waals surface area contributed by atoms with Gasteiger partial charge in [-0.05, 0) is 99.8 Å². The fourth-order valence-corrected chi connectivity index (χ4v) is 10.4. The van der Waals surface area contributed by atoms with Crippen LogP contribution in [0.1, 0.15) is 54.8 Å². The summed E-state index contributed by atoms with van der Waals surface area (Å²) >= 11 is 0. The topological polar surface area (TPSA) is 43.1 Å². The fourth-order valence-electron chi connectivity index (χ4n) is 10.4. The highest BCUT2D eigenvalue weighted by Crippen LogP contribution is 2.50. The normalized spacial score (nSPS) is 16.5. The molecule has 1 atom stereocenters. The lowest BCUT2D eigenvalue weighted by atomic mass is 9.81. The van der Waals surface area contributed by atoms with Crippen LogP contribution in [-0.4, -0.2) is 20.2 Å². The third-order valence-electron chi connectivity index (χ3n) is 13.6. The van der Waals surface area contributed by atoms with Crippen molar-refractivity contribution in [3.05, 3.63) is 222 Å². The second kappa shape index (κ2) is 15.3. The van der Waals surface area contributed by atoms with Crippen molar-refractivity contribution in [2.75, 3.05) is 0 Å². The van der Waals surface area contributed by atoms with E-state index in [0.717, 1.165) is 92.8 Å². The lowest BCUT2D eigenvalue weighted by molar-refractivity contribution is 0.660. The van der Waals surface area contributed by atoms with Gasteiger partial charge in [0, 0.05) is 51.4 Å². The molecule has 0 saturated carbocycles. The number of aliphatic imine (C=N–C) groups is 1. The van der Waals surface area contributed by atoms with E-state index in [1.807, 2.05) is 0 Å². The van der Waals surface area contributed by atoms with Crippen molar-refractivity contribution < 1.29 is 0 Å². The number of benzene rings is 6. The van der Waals surface area contributed by atoms with Crippen LogP contribution >= 0.6 is 0 Å². The molecule has 306 valence electrons. The third-order valence-corrected chi connectivity index (χ3v) is 13.6. The summed E-state index contributed by atoms with van der Waals surface area (Å²) in [4.78, 5) is 16.1. The van der Waals surface area contributed by atoms with E-state index in [1.54, 1.807) is 0 Å². The first-order valence-electron chi connectivity index (χ1n) is 22.5. The second-order valence-corrected chi connectivity index (χ2v) is 17.8. The van der Waals surface area contributed by atoms with E-state index in [9.17, 15) is 0 Å². The van der Waals surface area contributed by atoms with Crippen LogP contribution < -0.4 is 0 Å². The molecule has 2 aliphatic carbocycles. The quantitative estimate of drug-likeness (QED) is 0.161. The maximum absolute atomic E-state index is 5.56. The molecule has 4 nitrogen and oxygen atoms in total. The Morgan fingerprint density at radius 1 is 0.516 bits per heavy atom. The molecule has 1 unspecified atom stereocenters. The highest BCUT2D eigenvalue weighted by Gasteiger charge is 2.35. The molecule has 4 aliphatic rings. The van der Waals surface area contributed by atoms with Crippen molar-refractivity contribution in [3.8, 4) is 67.3 Å². The maximum atomic E-state index is 5.56. The predicted molar refractivity (Wildman–Crippen MR) is 265 cm³/mol. The van der Waals surface area contributed by atoms with Gasteiger partial charge in [0.05, 0.1) is 28.5 Å². The minimum atomic E-state index is -0.117. The summed E-state index contributed by atoms with van der Waals surface area (Å²) in [5.41, 5.74) is 21.7. The van der Waals surface area contributed by atoms with Crippen molar-refractivity contribution >= 4 is 23.1 Å². The number of hydrogen-bond acceptors (Lipinski definition) is 3. The number of nitrogens with zero attached hydrogens (tertiary/aromatic N) is 4. The second-order valence-electron chi connectivity index (χ2n) is 17.8. The van der Waals surface area contributed by atoms with Crippen LogP contribution in [0.25, 0.3) is 84.6 Å².